The third-order valence-corrected chi connectivity index (χ3v) is 9.83. The zero-order valence-electron chi connectivity index (χ0n) is 20.2. The van der Waals surface area contributed by atoms with Crippen molar-refractivity contribution >= 4 is 83.5 Å². The monoisotopic (exact) mass is 686 g/mol. The average Bonchev–Trinajstić information content (AvgIpc) is 2.80. The van der Waals surface area contributed by atoms with Crippen LogP contribution >= 0.6 is 0 Å². The number of fused-ring (bicyclic) bond motifs is 2. The Kier molecular flexibility index (Phi) is 8.40. The number of nitrogen functional groups attached to an aromatic ring is 2. The fourth-order valence-electron chi connectivity index (χ4n) is 3.64. The van der Waals surface area contributed by atoms with Gasteiger partial charge in [-0.1, -0.05) is 6.07 Å². The van der Waals surface area contributed by atoms with Gasteiger partial charge in [-0.25, -0.2) is 0 Å². The molecule has 17 nitrogen and oxygen atoms in total. The van der Waals surface area contributed by atoms with Crippen molar-refractivity contribution in [3.05, 3.63) is 54.6 Å². The minimum Gasteiger partial charge on any atom is -0.398 e. The summed E-state index contributed by atoms with van der Waals surface area (Å²) in [5.41, 5.74) is 10.6. The summed E-state index contributed by atoms with van der Waals surface area (Å²) in [5, 5.41) is -0.445. The van der Waals surface area contributed by atoms with Gasteiger partial charge in [0.05, 0.1) is 15.5 Å². The fraction of sp³-hybridized carbons (Fsp3) is 0. The van der Waals surface area contributed by atoms with Crippen molar-refractivity contribution in [1.82, 2.24) is 0 Å². The number of rotatable bonds is 5. The van der Waals surface area contributed by atoms with E-state index >= 15 is 0 Å². The third-order valence-electron chi connectivity index (χ3n) is 5.43. The van der Waals surface area contributed by atoms with Gasteiger partial charge in [-0.15, -0.1) is 0 Å². The van der Waals surface area contributed by atoms with Gasteiger partial charge < -0.3 is 11.5 Å². The van der Waals surface area contributed by atoms with E-state index in [2.05, 4.69) is 0 Å². The lowest BCUT2D eigenvalue weighted by molar-refractivity contribution is 0.479. The molecule has 42 heavy (non-hydrogen) atoms. The van der Waals surface area contributed by atoms with Crippen LogP contribution in [0.25, 0.3) is 21.5 Å². The summed E-state index contributed by atoms with van der Waals surface area (Å²) in [6.45, 7) is 0. The highest BCUT2D eigenvalue weighted by Crippen LogP contribution is 2.33. The summed E-state index contributed by atoms with van der Waals surface area (Å²) in [6, 6.07) is 8.32. The number of hydrogen-bond acceptors (Lipinski definition) is 12. The standard InChI is InChI=1S/C10H9NO9S3.C10H9NO6S2/c11-8-4-7-5(2-10(8)23(18,19)20)1-6(21(12,13)14)3-9(7)22(15,16)17;11-9-3-4-10(19(15,16)17)7-2-1-6(5-8(7)9)18(12,13)14/h1-4H,11H2,(H,12,13,14)(H,15,16,17)(H,18,19,20);1-5H,11H2,(H,12,13,14)(H,15,16,17). The van der Waals surface area contributed by atoms with Crippen LogP contribution in [0.3, 0.4) is 0 Å². The van der Waals surface area contributed by atoms with Gasteiger partial charge in [-0.2, -0.15) is 42.1 Å². The molecule has 0 aromatic heterocycles. The van der Waals surface area contributed by atoms with Gasteiger partial charge in [0.15, 0.2) is 0 Å². The number of hydrogen-bond donors (Lipinski definition) is 7. The Bertz CT molecular complexity index is 2330. The van der Waals surface area contributed by atoms with E-state index in [1.807, 2.05) is 0 Å². The minimum atomic E-state index is -4.92. The van der Waals surface area contributed by atoms with Crippen LogP contribution in [0.15, 0.2) is 79.1 Å². The van der Waals surface area contributed by atoms with Crippen LogP contribution in [-0.4, -0.2) is 64.9 Å². The predicted octanol–water partition coefficient (Wildman–Crippen LogP) is 1.08. The Morgan fingerprint density at radius 1 is 0.405 bits per heavy atom. The van der Waals surface area contributed by atoms with Gasteiger partial charge in [0.25, 0.3) is 50.6 Å². The van der Waals surface area contributed by atoms with Gasteiger partial charge in [-0.3, -0.25) is 22.8 Å². The topological polar surface area (TPSA) is 324 Å². The summed E-state index contributed by atoms with van der Waals surface area (Å²) in [7, 11) is -23.4. The van der Waals surface area contributed by atoms with Crippen LogP contribution in [-0.2, 0) is 50.6 Å². The van der Waals surface area contributed by atoms with Crippen molar-refractivity contribution in [3.63, 3.8) is 0 Å². The molecule has 0 atom stereocenters. The van der Waals surface area contributed by atoms with E-state index in [4.69, 9.17) is 29.7 Å². The molecule has 0 aliphatic rings. The quantitative estimate of drug-likeness (QED) is 0.114. The van der Waals surface area contributed by atoms with E-state index in [-0.39, 0.29) is 27.2 Å². The van der Waals surface area contributed by atoms with Gasteiger partial charge in [0, 0.05) is 21.8 Å². The Morgan fingerprint density at radius 3 is 1.40 bits per heavy atom. The molecule has 4 aromatic rings. The summed E-state index contributed by atoms with van der Waals surface area (Å²) in [5.74, 6) is 0. The number of benzene rings is 4. The Morgan fingerprint density at radius 2 is 0.929 bits per heavy atom. The highest BCUT2D eigenvalue weighted by atomic mass is 32.2. The molecule has 0 saturated carbocycles. The molecule has 0 saturated heterocycles. The Balaban J connectivity index is 0.000000235. The second-order valence-corrected chi connectivity index (χ2v) is 15.3. The van der Waals surface area contributed by atoms with E-state index in [9.17, 15) is 46.6 Å². The molecule has 0 radical (unpaired) electrons. The maximum Gasteiger partial charge on any atom is 0.296 e. The Hall–Kier alpha value is -3.45. The molecule has 0 fully saturated rings. The van der Waals surface area contributed by atoms with Crippen molar-refractivity contribution in [2.75, 3.05) is 11.5 Å². The lowest BCUT2D eigenvalue weighted by Crippen LogP contribution is -2.07. The van der Waals surface area contributed by atoms with Crippen LogP contribution < -0.4 is 11.5 Å². The van der Waals surface area contributed by atoms with Gasteiger partial charge in [0.2, 0.25) is 0 Å². The molecule has 4 rings (SSSR count). The largest absolute Gasteiger partial charge is 0.398 e. The molecule has 0 aliphatic carbocycles. The summed E-state index contributed by atoms with van der Waals surface area (Å²) < 4.78 is 157. The van der Waals surface area contributed by atoms with Crippen molar-refractivity contribution < 1.29 is 64.9 Å². The normalized spacial score (nSPS) is 13.1. The average molecular weight is 687 g/mol. The highest BCUT2D eigenvalue weighted by molar-refractivity contribution is 7.87. The summed E-state index contributed by atoms with van der Waals surface area (Å²) in [4.78, 5) is -3.41. The molecule has 22 heteroatoms. The molecule has 9 N–H and O–H groups in total. The lowest BCUT2D eigenvalue weighted by Gasteiger charge is -2.10. The molecule has 0 amide bonds. The second kappa shape index (κ2) is 10.7. The van der Waals surface area contributed by atoms with Gasteiger partial charge >= 0.3 is 0 Å². The summed E-state index contributed by atoms with van der Waals surface area (Å²) >= 11 is 0. The maximum atomic E-state index is 11.4. The fourth-order valence-corrected chi connectivity index (χ4v) is 6.82. The van der Waals surface area contributed by atoms with Crippen molar-refractivity contribution in [1.29, 1.82) is 0 Å². The van der Waals surface area contributed by atoms with Crippen LogP contribution in [0.5, 0.6) is 0 Å². The predicted molar refractivity (Wildman–Crippen MR) is 146 cm³/mol. The molecule has 0 spiro atoms. The highest BCUT2D eigenvalue weighted by Gasteiger charge is 2.23. The zero-order chi connectivity index (χ0) is 32.2. The van der Waals surface area contributed by atoms with Crippen LogP contribution in [0.2, 0.25) is 0 Å². The molecule has 0 heterocycles. The van der Waals surface area contributed by atoms with E-state index in [0.717, 1.165) is 36.4 Å². The van der Waals surface area contributed by atoms with Gasteiger partial charge in [0.1, 0.15) is 14.7 Å². The van der Waals surface area contributed by atoms with Gasteiger partial charge in [-0.05, 0) is 53.9 Å². The van der Waals surface area contributed by atoms with Crippen LogP contribution in [0.1, 0.15) is 0 Å². The first-order valence-electron chi connectivity index (χ1n) is 10.4. The first-order valence-corrected chi connectivity index (χ1v) is 17.6. The zero-order valence-corrected chi connectivity index (χ0v) is 24.3. The summed E-state index contributed by atoms with van der Waals surface area (Å²) in [6.07, 6.45) is 0. The maximum absolute atomic E-state index is 11.4. The van der Waals surface area contributed by atoms with Crippen molar-refractivity contribution in [3.8, 4) is 0 Å². The molecule has 4 aromatic carbocycles. The molecule has 228 valence electrons. The first-order chi connectivity index (χ1) is 18.8. The minimum absolute atomic E-state index is 0.0647. The molecular weight excluding hydrogens is 669 g/mol. The molecular formula is C20H18N2O15S5. The van der Waals surface area contributed by atoms with Crippen molar-refractivity contribution in [2.24, 2.45) is 0 Å². The second-order valence-electron chi connectivity index (χ2n) is 8.27. The third kappa shape index (κ3) is 7.12. The molecule has 0 bridgehead atoms. The first kappa shape index (κ1) is 33.1. The number of nitrogens with two attached hydrogens (primary N) is 2. The van der Waals surface area contributed by atoms with Crippen molar-refractivity contribution in [2.45, 2.75) is 24.5 Å². The molecule has 0 aliphatic heterocycles. The van der Waals surface area contributed by atoms with Crippen LogP contribution in [0.4, 0.5) is 11.4 Å². The van der Waals surface area contributed by atoms with E-state index in [1.165, 1.54) is 6.07 Å². The SMILES string of the molecule is Nc1cc2c(S(=O)(=O)O)cc(S(=O)(=O)O)cc2cc1S(=O)(=O)O.Nc1ccc(S(=O)(=O)O)c2ccc(S(=O)(=O)O)cc12. The lowest BCUT2D eigenvalue weighted by atomic mass is 10.1. The molecule has 0 unspecified atom stereocenters. The van der Waals surface area contributed by atoms with E-state index < -0.39 is 80.8 Å². The smallest absolute Gasteiger partial charge is 0.296 e. The van der Waals surface area contributed by atoms with E-state index in [1.54, 1.807) is 0 Å². The number of anilines is 2. The van der Waals surface area contributed by atoms with E-state index in [0.29, 0.717) is 12.1 Å². The Labute approximate surface area is 238 Å². The van der Waals surface area contributed by atoms with Crippen LogP contribution in [0, 0.1) is 0 Å².